The molecule has 1 unspecified atom stereocenters. The first-order valence-corrected chi connectivity index (χ1v) is 6.28. The molecule has 0 amide bonds. The number of halogens is 1. The number of Topliss-reactive ketones (excluding diaryl/α,β-unsaturated/α-hetero) is 1. The Balaban J connectivity index is 2.78. The fourth-order valence-electron chi connectivity index (χ4n) is 1.15. The largest absolute Gasteiger partial charge is 0.459 e. The van der Waals surface area contributed by atoms with Crippen molar-refractivity contribution in [3.05, 3.63) is 41.4 Å². The van der Waals surface area contributed by atoms with Gasteiger partial charge in [-0.3, -0.25) is 4.79 Å². The van der Waals surface area contributed by atoms with Crippen LogP contribution in [-0.2, 0) is 14.3 Å². The fraction of sp³-hybridized carbons (Fsp3) is 0.231. The van der Waals surface area contributed by atoms with Crippen LogP contribution in [0.4, 0.5) is 5.69 Å². The Hall–Kier alpha value is -1.82. The Kier molecular flexibility index (Phi) is 6.08. The monoisotopic (exact) mass is 324 g/mol. The molecule has 0 bridgehead atoms. The second-order valence-electron chi connectivity index (χ2n) is 3.62. The van der Waals surface area contributed by atoms with Crippen LogP contribution in [0.5, 0.6) is 0 Å². The van der Waals surface area contributed by atoms with E-state index in [0.717, 1.165) is 4.47 Å². The summed E-state index contributed by atoms with van der Waals surface area (Å²) in [4.78, 5) is 22.9. The van der Waals surface area contributed by atoms with Gasteiger partial charge in [-0.05, 0) is 31.2 Å². The number of benzene rings is 1. The van der Waals surface area contributed by atoms with E-state index in [2.05, 4.69) is 32.7 Å². The lowest BCUT2D eigenvalue weighted by Gasteiger charge is -2.06. The van der Waals surface area contributed by atoms with E-state index in [4.69, 9.17) is 4.74 Å². The highest BCUT2D eigenvalue weighted by Crippen LogP contribution is 2.17. The fourth-order valence-corrected chi connectivity index (χ4v) is 1.41. The molecule has 0 N–H and O–H groups in total. The number of carbonyl (C=O) groups is 2. The lowest BCUT2D eigenvalue weighted by Crippen LogP contribution is -2.28. The smallest absolute Gasteiger partial charge is 0.340 e. The zero-order valence-electron chi connectivity index (χ0n) is 10.4. The Labute approximate surface area is 119 Å². The van der Waals surface area contributed by atoms with Gasteiger partial charge in [-0.25, -0.2) is 4.79 Å². The molecule has 0 aliphatic carbocycles. The molecule has 0 aliphatic rings. The van der Waals surface area contributed by atoms with Crippen molar-refractivity contribution in [1.82, 2.24) is 0 Å². The number of ether oxygens (including phenoxy) is 1. The molecule has 0 radical (unpaired) electrons. The number of nitrogens with zero attached hydrogens (tertiary/aromatic N) is 2. The van der Waals surface area contributed by atoms with Crippen molar-refractivity contribution in [3.63, 3.8) is 0 Å². The van der Waals surface area contributed by atoms with E-state index >= 15 is 0 Å². The number of hydrogen-bond donors (Lipinski definition) is 0. The molecule has 1 aromatic rings. The maximum absolute atomic E-state index is 11.6. The summed E-state index contributed by atoms with van der Waals surface area (Å²) in [6.07, 6.45) is 1.42. The van der Waals surface area contributed by atoms with E-state index in [1.807, 2.05) is 0 Å². The second-order valence-corrected chi connectivity index (χ2v) is 4.54. The Bertz CT molecular complexity index is 497. The third-order valence-corrected chi connectivity index (χ3v) is 2.60. The van der Waals surface area contributed by atoms with Crippen LogP contribution in [0.1, 0.15) is 6.92 Å². The van der Waals surface area contributed by atoms with Gasteiger partial charge in [0, 0.05) is 4.47 Å². The summed E-state index contributed by atoms with van der Waals surface area (Å²) in [5.74, 6) is -1.15. The van der Waals surface area contributed by atoms with Crippen molar-refractivity contribution < 1.29 is 14.3 Å². The summed E-state index contributed by atoms with van der Waals surface area (Å²) < 4.78 is 5.69. The summed E-state index contributed by atoms with van der Waals surface area (Å²) in [5, 5.41) is 7.58. The first-order valence-electron chi connectivity index (χ1n) is 5.49. The average molecular weight is 325 g/mol. The van der Waals surface area contributed by atoms with Crippen LogP contribution >= 0.6 is 15.9 Å². The minimum atomic E-state index is -1.23. The highest BCUT2D eigenvalue weighted by molar-refractivity contribution is 9.10. The molecule has 19 heavy (non-hydrogen) atoms. The Morgan fingerprint density at radius 2 is 2.05 bits per heavy atom. The van der Waals surface area contributed by atoms with Gasteiger partial charge in [-0.15, -0.1) is 0 Å². The molecule has 100 valence electrons. The first kappa shape index (κ1) is 15.2. The molecule has 1 atom stereocenters. The van der Waals surface area contributed by atoms with E-state index in [-0.39, 0.29) is 6.61 Å². The van der Waals surface area contributed by atoms with Crippen molar-refractivity contribution in [2.45, 2.75) is 13.0 Å². The van der Waals surface area contributed by atoms with Crippen molar-refractivity contribution in [2.24, 2.45) is 10.2 Å². The number of hydrogen-bond acceptors (Lipinski definition) is 5. The minimum absolute atomic E-state index is 0.0381. The molecular weight excluding hydrogens is 312 g/mol. The van der Waals surface area contributed by atoms with Gasteiger partial charge in [0.1, 0.15) is 6.61 Å². The molecule has 0 fully saturated rings. The predicted octanol–water partition coefficient (Wildman–Crippen LogP) is 3.22. The van der Waals surface area contributed by atoms with Crippen molar-refractivity contribution >= 4 is 33.4 Å². The lowest BCUT2D eigenvalue weighted by molar-refractivity contribution is -0.146. The molecule has 6 heteroatoms. The van der Waals surface area contributed by atoms with Crippen molar-refractivity contribution in [1.29, 1.82) is 0 Å². The number of ketones is 1. The summed E-state index contributed by atoms with van der Waals surface area (Å²) in [5.41, 5.74) is 0.547. The highest BCUT2D eigenvalue weighted by atomic mass is 79.9. The van der Waals surface area contributed by atoms with Gasteiger partial charge < -0.3 is 4.74 Å². The summed E-state index contributed by atoms with van der Waals surface area (Å²) in [7, 11) is 0. The second kappa shape index (κ2) is 7.58. The molecule has 0 saturated heterocycles. The third kappa shape index (κ3) is 5.13. The maximum Gasteiger partial charge on any atom is 0.340 e. The first-order chi connectivity index (χ1) is 9.04. The number of azo groups is 1. The molecule has 0 aromatic heterocycles. The number of rotatable bonds is 6. The SMILES string of the molecule is C=CCOC(=O)C(N=Nc1ccc(Br)cc1)C(C)=O. The molecule has 0 aliphatic heterocycles. The number of carbonyl (C=O) groups excluding carboxylic acids is 2. The van der Waals surface area contributed by atoms with E-state index in [1.165, 1.54) is 13.0 Å². The van der Waals surface area contributed by atoms with Gasteiger partial charge in [-0.2, -0.15) is 10.2 Å². The van der Waals surface area contributed by atoms with Crippen LogP contribution in [0.2, 0.25) is 0 Å². The highest BCUT2D eigenvalue weighted by Gasteiger charge is 2.24. The van der Waals surface area contributed by atoms with E-state index < -0.39 is 17.8 Å². The van der Waals surface area contributed by atoms with Gasteiger partial charge in [0.05, 0.1) is 5.69 Å². The van der Waals surface area contributed by atoms with Gasteiger partial charge in [0.15, 0.2) is 5.78 Å². The van der Waals surface area contributed by atoms with Crippen molar-refractivity contribution in [3.8, 4) is 0 Å². The Morgan fingerprint density at radius 1 is 1.42 bits per heavy atom. The minimum Gasteiger partial charge on any atom is -0.459 e. The molecule has 0 saturated carbocycles. The van der Waals surface area contributed by atoms with Gasteiger partial charge >= 0.3 is 5.97 Å². The molecular formula is C13H13BrN2O3. The molecule has 0 spiro atoms. The van der Waals surface area contributed by atoms with Crippen LogP contribution in [-0.4, -0.2) is 24.4 Å². The standard InChI is InChI=1S/C13H13BrN2O3/c1-3-8-19-13(18)12(9(2)17)16-15-11-6-4-10(14)5-7-11/h3-7,12H,1,8H2,2H3. The Morgan fingerprint density at radius 3 is 2.58 bits per heavy atom. The number of esters is 1. The van der Waals surface area contributed by atoms with E-state index in [9.17, 15) is 9.59 Å². The predicted molar refractivity (Wildman–Crippen MR) is 74.3 cm³/mol. The third-order valence-electron chi connectivity index (χ3n) is 2.07. The zero-order chi connectivity index (χ0) is 14.3. The van der Waals surface area contributed by atoms with Crippen LogP contribution in [0.25, 0.3) is 0 Å². The molecule has 1 rings (SSSR count). The van der Waals surface area contributed by atoms with Crippen LogP contribution in [0.3, 0.4) is 0 Å². The average Bonchev–Trinajstić information content (AvgIpc) is 2.38. The zero-order valence-corrected chi connectivity index (χ0v) is 12.0. The quantitative estimate of drug-likeness (QED) is 0.349. The summed E-state index contributed by atoms with van der Waals surface area (Å²) >= 11 is 3.29. The van der Waals surface area contributed by atoms with E-state index in [0.29, 0.717) is 5.69 Å². The van der Waals surface area contributed by atoms with Crippen LogP contribution in [0, 0.1) is 0 Å². The topological polar surface area (TPSA) is 68.1 Å². The van der Waals surface area contributed by atoms with Crippen LogP contribution < -0.4 is 0 Å². The molecule has 0 heterocycles. The van der Waals surface area contributed by atoms with Crippen LogP contribution in [0.15, 0.2) is 51.6 Å². The van der Waals surface area contributed by atoms with E-state index in [1.54, 1.807) is 24.3 Å². The van der Waals surface area contributed by atoms with Gasteiger partial charge in [-0.1, -0.05) is 28.6 Å². The van der Waals surface area contributed by atoms with Crippen molar-refractivity contribution in [2.75, 3.05) is 6.61 Å². The molecule has 5 nitrogen and oxygen atoms in total. The summed E-state index contributed by atoms with van der Waals surface area (Å²) in [6, 6.07) is 5.75. The maximum atomic E-state index is 11.6. The van der Waals surface area contributed by atoms with Gasteiger partial charge in [0.2, 0.25) is 6.04 Å². The molecule has 1 aromatic carbocycles. The lowest BCUT2D eigenvalue weighted by atomic mass is 10.2. The normalized spacial score (nSPS) is 12.1. The summed E-state index contributed by atoms with van der Waals surface area (Å²) in [6.45, 7) is 4.72. The van der Waals surface area contributed by atoms with Gasteiger partial charge in [0.25, 0.3) is 0 Å².